The Bertz CT molecular complexity index is 5420. The van der Waals surface area contributed by atoms with Crippen molar-refractivity contribution in [2.45, 2.75) is 16.8 Å². The fourth-order valence-corrected chi connectivity index (χ4v) is 15.9. The third kappa shape index (κ3) is 16.0. The second-order valence-corrected chi connectivity index (χ2v) is 28.3. The van der Waals surface area contributed by atoms with Crippen LogP contribution in [0.25, 0.3) is 5.57 Å². The smallest absolute Gasteiger partial charge is 0.368 e. The van der Waals surface area contributed by atoms with Crippen LogP contribution in [-0.4, -0.2) is 13.5 Å². The molecule has 0 N–H and O–H groups in total. The van der Waals surface area contributed by atoms with Crippen LogP contribution >= 0.6 is 0 Å². The molecule has 15 aromatic carbocycles. The molecule has 0 bridgehead atoms. The van der Waals surface area contributed by atoms with Gasteiger partial charge in [0.25, 0.3) is 0 Å². The molecule has 0 amide bonds. The summed E-state index contributed by atoms with van der Waals surface area (Å²) >= 11 is 0. The maximum absolute atomic E-state index is 15.4. The highest BCUT2D eigenvalue weighted by Crippen LogP contribution is 2.50. The van der Waals surface area contributed by atoms with E-state index in [0.29, 0.717) is 0 Å². The second kappa shape index (κ2) is 37.4. The SMILES string of the molecule is C1=C[CH+]C(=C(c2ccccc2)c2ccccc2)C=C1.Fc1c(F)c(F)c([B-](c2c(F)c(F)c(F)c(F)c2F)(c2c(F)c(F)c(F)c(F)c2F)c2c(F)c(F)c(F)c(F)c2F)c(F)c1F.c1ccc(C(OB(OC(c2ccccc2)(c2ccccc2)c2ccccc2)OC(c2ccccc2)(c2ccccc2)c2ccccc2)(c2ccccc2)c2ccccc2)cc1. The first-order chi connectivity index (χ1) is 60.4. The predicted octanol–water partition coefficient (Wildman–Crippen LogP) is 23.7. The van der Waals surface area contributed by atoms with Gasteiger partial charge in [-0.3, -0.25) is 0 Å². The number of hydrogen-bond acceptors (Lipinski definition) is 3. The van der Waals surface area contributed by atoms with E-state index in [1.54, 1.807) is 0 Å². The summed E-state index contributed by atoms with van der Waals surface area (Å²) in [6, 6.07) is 115. The molecule has 1 aliphatic carbocycles. The maximum atomic E-state index is 15.4. The average Bonchev–Trinajstić information content (AvgIpc) is 0.678. The summed E-state index contributed by atoms with van der Waals surface area (Å²) in [4.78, 5) is 0. The second-order valence-electron chi connectivity index (χ2n) is 28.3. The summed E-state index contributed by atoms with van der Waals surface area (Å²) in [5.41, 5.74) is -4.77. The van der Waals surface area contributed by atoms with Gasteiger partial charge in [0.1, 0.15) is 75.1 Å². The summed E-state index contributed by atoms with van der Waals surface area (Å²) < 4.78 is 318. The predicted molar refractivity (Wildman–Crippen MR) is 437 cm³/mol. The molecule has 25 heteroatoms. The van der Waals surface area contributed by atoms with E-state index in [1.807, 2.05) is 54.6 Å². The lowest BCUT2D eigenvalue weighted by Crippen LogP contribution is -2.81. The molecule has 0 aromatic heterocycles. The third-order valence-corrected chi connectivity index (χ3v) is 21.3. The Morgan fingerprint density at radius 2 is 0.368 bits per heavy atom. The molecule has 1 aliphatic rings. The van der Waals surface area contributed by atoms with Gasteiger partial charge in [-0.1, -0.05) is 309 Å². The Kier molecular flexibility index (Phi) is 26.1. The molecule has 0 saturated carbocycles. The molecule has 125 heavy (non-hydrogen) atoms. The van der Waals surface area contributed by atoms with Crippen molar-refractivity contribution < 1.29 is 102 Å². The molecule has 16 rings (SSSR count). The molecule has 3 nitrogen and oxygen atoms in total. The quantitative estimate of drug-likeness (QED) is 0.0179. The fourth-order valence-electron chi connectivity index (χ4n) is 15.9. The van der Waals surface area contributed by atoms with Crippen molar-refractivity contribution in [1.29, 1.82) is 0 Å². The van der Waals surface area contributed by atoms with Gasteiger partial charge in [0.2, 0.25) is 0 Å². The molecule has 0 saturated heterocycles. The fraction of sp³-hybridized carbons (Fsp3) is 0.0300. The largest absolute Gasteiger partial charge is 0.643 e. The van der Waals surface area contributed by atoms with Gasteiger partial charge in [-0.2, -0.15) is 0 Å². The summed E-state index contributed by atoms with van der Waals surface area (Å²) in [7, 11) is -1.39. The lowest BCUT2D eigenvalue weighted by molar-refractivity contribution is -0.0361. The Morgan fingerprint density at radius 1 is 0.208 bits per heavy atom. The van der Waals surface area contributed by atoms with Gasteiger partial charge >= 0.3 is 7.32 Å². The van der Waals surface area contributed by atoms with Crippen LogP contribution in [0, 0.1) is 123 Å². The van der Waals surface area contributed by atoms with Crippen LogP contribution in [0.5, 0.6) is 0 Å². The van der Waals surface area contributed by atoms with Crippen LogP contribution in [0.15, 0.2) is 364 Å². The van der Waals surface area contributed by atoms with Crippen LogP contribution < -0.4 is 21.9 Å². The van der Waals surface area contributed by atoms with Crippen LogP contribution in [-0.2, 0) is 30.8 Å². The van der Waals surface area contributed by atoms with E-state index in [-0.39, 0.29) is 0 Å². The third-order valence-electron chi connectivity index (χ3n) is 21.3. The number of benzene rings is 15. The minimum atomic E-state index is -7.22. The average molecular weight is 1710 g/mol. The van der Waals surface area contributed by atoms with E-state index in [1.165, 1.54) is 22.3 Å². The van der Waals surface area contributed by atoms with Crippen molar-refractivity contribution in [1.82, 2.24) is 0 Å². The lowest BCUT2D eigenvalue weighted by Gasteiger charge is -2.45. The van der Waals surface area contributed by atoms with Crippen molar-refractivity contribution >= 4 is 40.9 Å². The van der Waals surface area contributed by atoms with E-state index in [2.05, 4.69) is 310 Å². The zero-order valence-corrected chi connectivity index (χ0v) is 64.6. The van der Waals surface area contributed by atoms with Gasteiger partial charge in [0.15, 0.2) is 69.8 Å². The minimum absolute atomic E-state index is 0.916. The number of rotatable bonds is 21. The van der Waals surface area contributed by atoms with Gasteiger partial charge in [-0.05, 0) is 74.3 Å². The Labute approximate surface area is 703 Å². The zero-order chi connectivity index (χ0) is 88.5. The van der Waals surface area contributed by atoms with E-state index >= 15 is 35.1 Å². The van der Waals surface area contributed by atoms with Gasteiger partial charge in [-0.25, -0.2) is 87.8 Å². The first-order valence-electron chi connectivity index (χ1n) is 38.2. The molecule has 0 fully saturated rings. The van der Waals surface area contributed by atoms with E-state index in [0.717, 1.165) is 50.1 Å². The van der Waals surface area contributed by atoms with E-state index in [9.17, 15) is 52.7 Å². The molecule has 0 spiro atoms. The molecular formula is C100H60B2F20O3. The zero-order valence-electron chi connectivity index (χ0n) is 64.6. The molecule has 624 valence electrons. The van der Waals surface area contributed by atoms with Crippen molar-refractivity contribution in [3.63, 3.8) is 0 Å². The molecule has 0 atom stereocenters. The maximum Gasteiger partial charge on any atom is 0.643 e. The topological polar surface area (TPSA) is 27.7 Å². The Hall–Kier alpha value is -14.0. The first-order valence-corrected chi connectivity index (χ1v) is 38.2. The van der Waals surface area contributed by atoms with Crippen molar-refractivity contribution in [3.8, 4) is 0 Å². The monoisotopic (exact) mass is 1710 g/mol. The Balaban J connectivity index is 0.000000173. The molecular weight excluding hydrogens is 1650 g/mol. The first kappa shape index (κ1) is 87.4. The molecule has 0 radical (unpaired) electrons. The molecule has 15 aromatic rings. The number of allylic oxidation sites excluding steroid dienone is 5. The van der Waals surface area contributed by atoms with Crippen LogP contribution in [0.1, 0.15) is 61.2 Å². The highest BCUT2D eigenvalue weighted by atomic mass is 19.2. The van der Waals surface area contributed by atoms with Crippen LogP contribution in [0.2, 0.25) is 0 Å². The highest BCUT2D eigenvalue weighted by Gasteiger charge is 2.56. The summed E-state index contributed by atoms with van der Waals surface area (Å²) in [5.74, 6) is -71.4. The van der Waals surface area contributed by atoms with Crippen LogP contribution in [0.4, 0.5) is 87.8 Å². The number of halogens is 20. The van der Waals surface area contributed by atoms with Crippen molar-refractivity contribution in [2.24, 2.45) is 0 Å². The van der Waals surface area contributed by atoms with Crippen LogP contribution in [0.3, 0.4) is 0 Å². The van der Waals surface area contributed by atoms with Crippen molar-refractivity contribution in [2.75, 3.05) is 0 Å². The highest BCUT2D eigenvalue weighted by molar-refractivity contribution is 7.20. The van der Waals surface area contributed by atoms with Gasteiger partial charge < -0.3 is 14.0 Å². The summed E-state index contributed by atoms with van der Waals surface area (Å²) in [6.07, 6.45) is 3.33. The van der Waals surface area contributed by atoms with Gasteiger partial charge in [0, 0.05) is 41.9 Å². The normalized spacial score (nSPS) is 12.1. The molecule has 0 unspecified atom stereocenters. The van der Waals surface area contributed by atoms with Gasteiger partial charge in [-0.15, -0.1) is 21.9 Å². The Morgan fingerprint density at radius 3 is 0.528 bits per heavy atom. The molecule has 0 heterocycles. The lowest BCUT2D eigenvalue weighted by atomic mass is 9.12. The van der Waals surface area contributed by atoms with E-state index in [4.69, 9.17) is 14.0 Å². The summed E-state index contributed by atoms with van der Waals surface area (Å²) in [6.45, 7) is 0. The number of hydrogen-bond donors (Lipinski definition) is 0. The van der Waals surface area contributed by atoms with Gasteiger partial charge in [0.05, 0.1) is 5.57 Å². The molecule has 0 aliphatic heterocycles. The summed E-state index contributed by atoms with van der Waals surface area (Å²) in [5, 5.41) is 0. The minimum Gasteiger partial charge on any atom is -0.368 e. The van der Waals surface area contributed by atoms with E-state index < -0.39 is 168 Å². The standard InChI is InChI=1S/C57H45BO3.C24BF20.C19H15/c1-10-28-46(29-11-1)55(47-30-12-2-13-31-47,48-32-14-3-15-33-48)59-58(60-56(49-34-16-4-17-35-49,50-36-18-5-19-37-50)51-38-20-6-21-39-51)61-57(52-40-22-7-23-41-52,53-42-24-8-25-43-53)54-44-26-9-27-45-54;26-5-1(6(27)14(35)21(42)13(5)34)25(2-7(28)15(36)22(43)16(37)8(2)29,3-9(30)17(38)23(44)18(39)10(3)31)4-11(32)19(40)24(45)20(41)12(4)33;1-4-10-16(11-5-1)19(17-12-6-2-7-13-17)18-14-8-3-9-15-18/h1-45H;;1-15H/q;-1;+1. The van der Waals surface area contributed by atoms with Crippen molar-refractivity contribution in [3.05, 3.63) is 547 Å².